The maximum atomic E-state index is 11.3. The lowest BCUT2D eigenvalue weighted by Crippen LogP contribution is -2.27. The third-order valence-corrected chi connectivity index (χ3v) is 1.84. The number of rotatable bonds is 4. The molecule has 0 saturated heterocycles. The fourth-order valence-electron chi connectivity index (χ4n) is 0.918. The van der Waals surface area contributed by atoms with Crippen molar-refractivity contribution in [3.8, 4) is 0 Å². The van der Waals surface area contributed by atoms with Gasteiger partial charge in [0, 0.05) is 13.2 Å². The minimum Gasteiger partial charge on any atom is -0.388 e. The number of hydrogen-bond acceptors (Lipinski definition) is 4. The molecule has 1 rings (SSSR count). The van der Waals surface area contributed by atoms with Crippen molar-refractivity contribution in [3.05, 3.63) is 28.2 Å². The van der Waals surface area contributed by atoms with E-state index in [1.54, 1.807) is 7.11 Å². The minimum atomic E-state index is -0.193. The number of aromatic nitrogens is 2. The normalized spacial score (nSPS) is 10.1. The van der Waals surface area contributed by atoms with Gasteiger partial charge >= 0.3 is 0 Å². The Balaban J connectivity index is 2.96. The molecule has 6 heteroatoms. The fraction of sp³-hybridized carbons (Fsp3) is 0.375. The largest absolute Gasteiger partial charge is 0.388 e. The molecule has 0 atom stereocenters. The first-order chi connectivity index (χ1) is 6.65. The van der Waals surface area contributed by atoms with Crippen molar-refractivity contribution in [2.75, 3.05) is 13.7 Å². The number of hydrogen-bond donors (Lipinski definition) is 1. The molecule has 2 N–H and O–H groups in total. The zero-order valence-corrected chi connectivity index (χ0v) is 8.58. The van der Waals surface area contributed by atoms with Gasteiger partial charge in [0.05, 0.1) is 13.2 Å². The molecule has 1 aromatic heterocycles. The van der Waals surface area contributed by atoms with Crippen LogP contribution in [0.15, 0.2) is 16.9 Å². The molecular formula is C8H11N3O2S. The standard InChI is InChI=1S/C8H11N3O2S/c1-13-5-4-11-7(12)3-2-6(10-11)8(9)14/h2-3H,4-5H2,1H3,(H2,9,14). The molecule has 0 saturated carbocycles. The third kappa shape index (κ3) is 2.61. The maximum absolute atomic E-state index is 11.3. The molecule has 76 valence electrons. The van der Waals surface area contributed by atoms with Gasteiger partial charge < -0.3 is 10.5 Å². The second-order valence-electron chi connectivity index (χ2n) is 2.64. The lowest BCUT2D eigenvalue weighted by Gasteiger charge is -2.04. The van der Waals surface area contributed by atoms with Gasteiger partial charge in [-0.2, -0.15) is 5.10 Å². The van der Waals surface area contributed by atoms with Gasteiger partial charge in [-0.05, 0) is 6.07 Å². The minimum absolute atomic E-state index is 0.177. The highest BCUT2D eigenvalue weighted by Crippen LogP contribution is 1.89. The Morgan fingerprint density at radius 1 is 1.71 bits per heavy atom. The summed E-state index contributed by atoms with van der Waals surface area (Å²) >= 11 is 4.75. The Morgan fingerprint density at radius 3 is 3.00 bits per heavy atom. The van der Waals surface area contributed by atoms with Crippen LogP contribution >= 0.6 is 12.2 Å². The summed E-state index contributed by atoms with van der Waals surface area (Å²) < 4.78 is 6.11. The van der Waals surface area contributed by atoms with Crippen molar-refractivity contribution in [2.45, 2.75) is 6.54 Å². The summed E-state index contributed by atoms with van der Waals surface area (Å²) in [5.41, 5.74) is 5.63. The molecule has 14 heavy (non-hydrogen) atoms. The van der Waals surface area contributed by atoms with E-state index in [4.69, 9.17) is 22.7 Å². The van der Waals surface area contributed by atoms with Crippen LogP contribution in [-0.2, 0) is 11.3 Å². The summed E-state index contributed by atoms with van der Waals surface area (Å²) in [6.45, 7) is 0.819. The Bertz CT molecular complexity index is 388. The van der Waals surface area contributed by atoms with Gasteiger partial charge in [0.25, 0.3) is 5.56 Å². The van der Waals surface area contributed by atoms with E-state index in [1.807, 2.05) is 0 Å². The van der Waals surface area contributed by atoms with E-state index in [9.17, 15) is 4.79 Å². The van der Waals surface area contributed by atoms with E-state index in [0.717, 1.165) is 0 Å². The van der Waals surface area contributed by atoms with Crippen LogP contribution in [0.4, 0.5) is 0 Å². The number of ether oxygens (including phenoxy) is 1. The first-order valence-corrected chi connectivity index (χ1v) is 4.43. The number of methoxy groups -OCH3 is 1. The average Bonchev–Trinajstić information content (AvgIpc) is 2.16. The van der Waals surface area contributed by atoms with Crippen molar-refractivity contribution in [2.24, 2.45) is 5.73 Å². The topological polar surface area (TPSA) is 70.1 Å². The maximum Gasteiger partial charge on any atom is 0.266 e. The van der Waals surface area contributed by atoms with Gasteiger partial charge in [-0.1, -0.05) is 12.2 Å². The number of thiocarbonyl (C=S) groups is 1. The number of nitrogens with zero attached hydrogens (tertiary/aromatic N) is 2. The lowest BCUT2D eigenvalue weighted by atomic mass is 10.4. The van der Waals surface area contributed by atoms with Gasteiger partial charge in [0.2, 0.25) is 0 Å². The summed E-state index contributed by atoms with van der Waals surface area (Å²) in [7, 11) is 1.56. The average molecular weight is 213 g/mol. The van der Waals surface area contributed by atoms with Crippen molar-refractivity contribution < 1.29 is 4.74 Å². The van der Waals surface area contributed by atoms with Gasteiger partial charge in [-0.3, -0.25) is 4.79 Å². The van der Waals surface area contributed by atoms with Crippen LogP contribution in [0, 0.1) is 0 Å². The van der Waals surface area contributed by atoms with E-state index in [-0.39, 0.29) is 10.5 Å². The Kier molecular flexibility index (Phi) is 3.73. The smallest absolute Gasteiger partial charge is 0.266 e. The third-order valence-electron chi connectivity index (χ3n) is 1.63. The zero-order chi connectivity index (χ0) is 10.6. The van der Waals surface area contributed by atoms with Crippen LogP contribution in [0.3, 0.4) is 0 Å². The van der Waals surface area contributed by atoms with Crippen LogP contribution in [0.2, 0.25) is 0 Å². The molecule has 0 spiro atoms. The first kappa shape index (κ1) is 10.8. The summed E-state index contributed by atoms with van der Waals surface area (Å²) in [5.74, 6) is 0. The molecule has 0 aliphatic carbocycles. The summed E-state index contributed by atoms with van der Waals surface area (Å²) in [4.78, 5) is 11.4. The van der Waals surface area contributed by atoms with Gasteiger partial charge in [-0.25, -0.2) is 4.68 Å². The molecule has 1 heterocycles. The molecule has 0 fully saturated rings. The van der Waals surface area contributed by atoms with Crippen molar-refractivity contribution in [1.29, 1.82) is 0 Å². The van der Waals surface area contributed by atoms with Crippen LogP contribution in [0.5, 0.6) is 0 Å². The SMILES string of the molecule is COCCn1nc(C(N)=S)ccc1=O. The van der Waals surface area contributed by atoms with Crippen LogP contribution in [0.25, 0.3) is 0 Å². The summed E-state index contributed by atoms with van der Waals surface area (Å²) in [6, 6.07) is 2.89. The van der Waals surface area contributed by atoms with E-state index < -0.39 is 0 Å². The molecular weight excluding hydrogens is 202 g/mol. The van der Waals surface area contributed by atoms with E-state index in [0.29, 0.717) is 18.8 Å². The molecule has 0 bridgehead atoms. The van der Waals surface area contributed by atoms with E-state index >= 15 is 0 Å². The second kappa shape index (κ2) is 4.83. The second-order valence-corrected chi connectivity index (χ2v) is 3.08. The molecule has 5 nitrogen and oxygen atoms in total. The number of nitrogens with two attached hydrogens (primary N) is 1. The monoisotopic (exact) mass is 213 g/mol. The Hall–Kier alpha value is -1.27. The fourth-order valence-corrected chi connectivity index (χ4v) is 1.03. The molecule has 0 aromatic carbocycles. The highest BCUT2D eigenvalue weighted by atomic mass is 32.1. The summed E-state index contributed by atoms with van der Waals surface area (Å²) in [6.07, 6.45) is 0. The summed E-state index contributed by atoms with van der Waals surface area (Å²) in [5, 5.41) is 3.97. The van der Waals surface area contributed by atoms with Crippen LogP contribution in [-0.4, -0.2) is 28.5 Å². The molecule has 0 radical (unpaired) electrons. The molecule has 0 unspecified atom stereocenters. The van der Waals surface area contributed by atoms with Gasteiger partial charge in [0.15, 0.2) is 0 Å². The molecule has 1 aromatic rings. The highest BCUT2D eigenvalue weighted by Gasteiger charge is 2.01. The Morgan fingerprint density at radius 2 is 2.43 bits per heavy atom. The predicted octanol–water partition coefficient (Wildman–Crippen LogP) is -0.476. The molecule has 0 aliphatic rings. The van der Waals surface area contributed by atoms with Crippen molar-refractivity contribution in [1.82, 2.24) is 9.78 Å². The van der Waals surface area contributed by atoms with E-state index in [1.165, 1.54) is 16.8 Å². The van der Waals surface area contributed by atoms with E-state index in [2.05, 4.69) is 5.10 Å². The van der Waals surface area contributed by atoms with Crippen LogP contribution < -0.4 is 11.3 Å². The van der Waals surface area contributed by atoms with Crippen LogP contribution in [0.1, 0.15) is 5.69 Å². The van der Waals surface area contributed by atoms with Crippen molar-refractivity contribution >= 4 is 17.2 Å². The quantitative estimate of drug-likeness (QED) is 0.684. The highest BCUT2D eigenvalue weighted by molar-refractivity contribution is 7.80. The van der Waals surface area contributed by atoms with Gasteiger partial charge in [0.1, 0.15) is 10.7 Å². The Labute approximate surface area is 86.5 Å². The van der Waals surface area contributed by atoms with Gasteiger partial charge in [-0.15, -0.1) is 0 Å². The predicted molar refractivity (Wildman–Crippen MR) is 56.3 cm³/mol. The van der Waals surface area contributed by atoms with Crippen molar-refractivity contribution in [3.63, 3.8) is 0 Å². The molecule has 0 aliphatic heterocycles. The first-order valence-electron chi connectivity index (χ1n) is 4.02. The molecule has 0 amide bonds. The lowest BCUT2D eigenvalue weighted by molar-refractivity contribution is 0.181. The zero-order valence-electron chi connectivity index (χ0n) is 7.77.